The van der Waals surface area contributed by atoms with Crippen molar-refractivity contribution < 1.29 is 0 Å². The van der Waals surface area contributed by atoms with Crippen molar-refractivity contribution >= 4 is 22.1 Å². The van der Waals surface area contributed by atoms with Gasteiger partial charge in [0.1, 0.15) is 5.69 Å². The number of hydrogen-bond donors (Lipinski definition) is 3. The molecule has 0 spiro atoms. The number of fused-ring (bicyclic) bond motifs is 2. The van der Waals surface area contributed by atoms with Gasteiger partial charge in [-0.15, -0.1) is 0 Å². The van der Waals surface area contributed by atoms with Crippen LogP contribution < -0.4 is 5.32 Å². The average Bonchev–Trinajstić information content (AvgIpc) is 3.35. The Bertz CT molecular complexity index is 1240. The SMILES string of the molecule is CCNCc1cncc(-c2cnc3n[nH]c(-c4nc5ccccc5[nH]4)c3c2)c1. The molecule has 1 aromatic carbocycles. The molecule has 0 atom stereocenters. The molecule has 5 rings (SSSR count). The molecule has 0 saturated heterocycles. The van der Waals surface area contributed by atoms with E-state index >= 15 is 0 Å². The molecule has 0 radical (unpaired) electrons. The van der Waals surface area contributed by atoms with Crippen LogP contribution in [0.4, 0.5) is 0 Å². The molecule has 7 heteroatoms. The smallest absolute Gasteiger partial charge is 0.181 e. The standard InChI is InChI=1S/C21H19N7/c1-2-22-9-13-7-14(11-23-10-13)15-8-16-19(27-28-20(16)24-12-15)21-25-17-5-3-4-6-18(17)26-21/h3-8,10-12,22H,2,9H2,1H3,(H,25,26)(H,24,27,28). The highest BCUT2D eigenvalue weighted by Gasteiger charge is 2.14. The van der Waals surface area contributed by atoms with Crippen molar-refractivity contribution in [3.8, 4) is 22.6 Å². The van der Waals surface area contributed by atoms with E-state index in [9.17, 15) is 0 Å². The number of aromatic nitrogens is 6. The van der Waals surface area contributed by atoms with E-state index < -0.39 is 0 Å². The van der Waals surface area contributed by atoms with Gasteiger partial charge in [0, 0.05) is 36.3 Å². The summed E-state index contributed by atoms with van der Waals surface area (Å²) in [5, 5.41) is 11.7. The van der Waals surface area contributed by atoms with E-state index in [2.05, 4.69) is 54.5 Å². The van der Waals surface area contributed by atoms with Crippen molar-refractivity contribution in [2.75, 3.05) is 6.54 Å². The van der Waals surface area contributed by atoms with E-state index in [4.69, 9.17) is 0 Å². The van der Waals surface area contributed by atoms with E-state index in [1.54, 1.807) is 0 Å². The maximum Gasteiger partial charge on any atom is 0.181 e. The molecule has 138 valence electrons. The van der Waals surface area contributed by atoms with Crippen LogP contribution >= 0.6 is 0 Å². The first kappa shape index (κ1) is 16.6. The zero-order chi connectivity index (χ0) is 18.9. The summed E-state index contributed by atoms with van der Waals surface area (Å²) in [7, 11) is 0. The van der Waals surface area contributed by atoms with Crippen LogP contribution in [0.25, 0.3) is 44.7 Å². The molecule has 7 nitrogen and oxygen atoms in total. The fourth-order valence-corrected chi connectivity index (χ4v) is 3.32. The molecule has 3 N–H and O–H groups in total. The number of benzene rings is 1. The summed E-state index contributed by atoms with van der Waals surface area (Å²) in [6.45, 7) is 3.81. The number of para-hydroxylation sites is 2. The molecule has 28 heavy (non-hydrogen) atoms. The second-order valence-corrected chi connectivity index (χ2v) is 6.66. The first-order chi connectivity index (χ1) is 13.8. The molecule has 0 bridgehead atoms. The summed E-state index contributed by atoms with van der Waals surface area (Å²) < 4.78 is 0. The fraction of sp³-hybridized carbons (Fsp3) is 0.143. The molecule has 0 unspecified atom stereocenters. The predicted molar refractivity (Wildman–Crippen MR) is 110 cm³/mol. The van der Waals surface area contributed by atoms with Crippen LogP contribution in [-0.2, 0) is 6.54 Å². The lowest BCUT2D eigenvalue weighted by Gasteiger charge is -2.05. The topological polar surface area (TPSA) is 95.2 Å². The summed E-state index contributed by atoms with van der Waals surface area (Å²) in [4.78, 5) is 16.9. The van der Waals surface area contributed by atoms with Gasteiger partial charge in [0.25, 0.3) is 0 Å². The highest BCUT2D eigenvalue weighted by atomic mass is 15.2. The quantitative estimate of drug-likeness (QED) is 0.439. The molecule has 0 fully saturated rings. The van der Waals surface area contributed by atoms with Gasteiger partial charge in [0.15, 0.2) is 11.5 Å². The van der Waals surface area contributed by atoms with Crippen molar-refractivity contribution in [2.24, 2.45) is 0 Å². The van der Waals surface area contributed by atoms with Gasteiger partial charge in [-0.2, -0.15) is 5.10 Å². The number of hydrogen-bond acceptors (Lipinski definition) is 5. The van der Waals surface area contributed by atoms with E-state index in [1.165, 1.54) is 0 Å². The van der Waals surface area contributed by atoms with Gasteiger partial charge in [0.05, 0.1) is 16.4 Å². The van der Waals surface area contributed by atoms with Crippen LogP contribution in [0.1, 0.15) is 12.5 Å². The van der Waals surface area contributed by atoms with Gasteiger partial charge in [0.2, 0.25) is 0 Å². The highest BCUT2D eigenvalue weighted by molar-refractivity contribution is 5.93. The van der Waals surface area contributed by atoms with E-state index in [0.717, 1.165) is 57.7 Å². The number of rotatable bonds is 5. The van der Waals surface area contributed by atoms with Crippen molar-refractivity contribution in [2.45, 2.75) is 13.5 Å². The Labute approximate surface area is 161 Å². The minimum atomic E-state index is 0.663. The van der Waals surface area contributed by atoms with Gasteiger partial charge in [-0.3, -0.25) is 10.1 Å². The summed E-state index contributed by atoms with van der Waals surface area (Å²) in [5.74, 6) is 0.752. The maximum absolute atomic E-state index is 4.68. The first-order valence-electron chi connectivity index (χ1n) is 9.26. The van der Waals surface area contributed by atoms with Crippen LogP contribution in [-0.4, -0.2) is 36.7 Å². The lowest BCUT2D eigenvalue weighted by molar-refractivity contribution is 0.724. The number of nitrogens with zero attached hydrogens (tertiary/aromatic N) is 4. The van der Waals surface area contributed by atoms with Crippen molar-refractivity contribution in [1.82, 2.24) is 35.5 Å². The van der Waals surface area contributed by atoms with Gasteiger partial charge < -0.3 is 10.3 Å². The van der Waals surface area contributed by atoms with Crippen LogP contribution in [0.15, 0.2) is 55.0 Å². The summed E-state index contributed by atoms with van der Waals surface area (Å²) >= 11 is 0. The summed E-state index contributed by atoms with van der Waals surface area (Å²) in [5.41, 5.74) is 6.57. The Balaban J connectivity index is 1.58. The number of aromatic amines is 2. The van der Waals surface area contributed by atoms with Gasteiger partial charge in [-0.25, -0.2) is 9.97 Å². The lowest BCUT2D eigenvalue weighted by Crippen LogP contribution is -2.11. The van der Waals surface area contributed by atoms with Crippen molar-refractivity contribution in [3.63, 3.8) is 0 Å². The van der Waals surface area contributed by atoms with E-state index in [1.807, 2.05) is 42.9 Å². The second-order valence-electron chi connectivity index (χ2n) is 6.66. The molecule has 0 saturated carbocycles. The van der Waals surface area contributed by atoms with Crippen LogP contribution in [0, 0.1) is 0 Å². The lowest BCUT2D eigenvalue weighted by atomic mass is 10.1. The number of nitrogens with one attached hydrogen (secondary N) is 3. The largest absolute Gasteiger partial charge is 0.337 e. The molecule has 0 amide bonds. The Morgan fingerprint density at radius 1 is 1.04 bits per heavy atom. The van der Waals surface area contributed by atoms with E-state index in [-0.39, 0.29) is 0 Å². The molecular formula is C21H19N7. The monoisotopic (exact) mass is 369 g/mol. The number of H-pyrrole nitrogens is 2. The minimum Gasteiger partial charge on any atom is -0.337 e. The molecule has 5 aromatic rings. The third-order valence-corrected chi connectivity index (χ3v) is 4.74. The molecule has 4 aromatic heterocycles. The minimum absolute atomic E-state index is 0.663. The Hall–Kier alpha value is -3.58. The number of imidazole rings is 1. The summed E-state index contributed by atoms with van der Waals surface area (Å²) in [6, 6.07) is 12.2. The third-order valence-electron chi connectivity index (χ3n) is 4.74. The van der Waals surface area contributed by atoms with E-state index in [0.29, 0.717) is 5.65 Å². The van der Waals surface area contributed by atoms with Gasteiger partial charge in [-0.05, 0) is 36.4 Å². The Morgan fingerprint density at radius 2 is 1.93 bits per heavy atom. The number of pyridine rings is 2. The Kier molecular flexibility index (Phi) is 4.06. The van der Waals surface area contributed by atoms with Crippen LogP contribution in [0.3, 0.4) is 0 Å². The second kappa shape index (κ2) is 6.86. The van der Waals surface area contributed by atoms with Crippen molar-refractivity contribution in [3.05, 3.63) is 60.6 Å². The zero-order valence-electron chi connectivity index (χ0n) is 15.4. The predicted octanol–water partition coefficient (Wildman–Crippen LogP) is 3.67. The molecule has 0 aliphatic carbocycles. The average molecular weight is 369 g/mol. The molecular weight excluding hydrogens is 350 g/mol. The normalized spacial score (nSPS) is 11.5. The highest BCUT2D eigenvalue weighted by Crippen LogP contribution is 2.29. The Morgan fingerprint density at radius 3 is 2.82 bits per heavy atom. The molecule has 0 aliphatic rings. The zero-order valence-corrected chi connectivity index (χ0v) is 15.4. The van der Waals surface area contributed by atoms with Gasteiger partial charge >= 0.3 is 0 Å². The van der Waals surface area contributed by atoms with Crippen LogP contribution in [0.2, 0.25) is 0 Å². The van der Waals surface area contributed by atoms with Crippen LogP contribution in [0.5, 0.6) is 0 Å². The summed E-state index contributed by atoms with van der Waals surface area (Å²) in [6.07, 6.45) is 5.58. The van der Waals surface area contributed by atoms with Crippen molar-refractivity contribution in [1.29, 1.82) is 0 Å². The maximum atomic E-state index is 4.68. The third kappa shape index (κ3) is 2.91. The first-order valence-corrected chi connectivity index (χ1v) is 9.26. The molecule has 0 aliphatic heterocycles. The van der Waals surface area contributed by atoms with Gasteiger partial charge in [-0.1, -0.05) is 19.1 Å². The fourth-order valence-electron chi connectivity index (χ4n) is 3.32. The molecule has 4 heterocycles.